The summed E-state index contributed by atoms with van der Waals surface area (Å²) in [6, 6.07) is 6.60. The highest BCUT2D eigenvalue weighted by Crippen LogP contribution is 2.27. The molecule has 1 atom stereocenters. The van der Waals surface area contributed by atoms with Crippen molar-refractivity contribution in [1.82, 2.24) is 4.90 Å². The third-order valence-electron chi connectivity index (χ3n) is 4.60. The van der Waals surface area contributed by atoms with E-state index in [0.29, 0.717) is 12.6 Å². The van der Waals surface area contributed by atoms with Crippen molar-refractivity contribution in [3.05, 3.63) is 29.3 Å². The SMILES string of the molecule is CC1CCN(CC(=O)c2ccc3c(c2)CC(C)N3)CC1. The number of anilines is 1. The van der Waals surface area contributed by atoms with E-state index < -0.39 is 0 Å². The van der Waals surface area contributed by atoms with Crippen LogP contribution in [0, 0.1) is 5.92 Å². The van der Waals surface area contributed by atoms with Crippen LogP contribution in [0.2, 0.25) is 0 Å². The van der Waals surface area contributed by atoms with Crippen LogP contribution < -0.4 is 5.32 Å². The number of piperidine rings is 1. The highest BCUT2D eigenvalue weighted by atomic mass is 16.1. The molecule has 3 heteroatoms. The van der Waals surface area contributed by atoms with Crippen molar-refractivity contribution in [3.63, 3.8) is 0 Å². The Morgan fingerprint density at radius 3 is 2.80 bits per heavy atom. The number of rotatable bonds is 3. The second kappa shape index (κ2) is 5.57. The third-order valence-corrected chi connectivity index (χ3v) is 4.60. The van der Waals surface area contributed by atoms with E-state index in [1.165, 1.54) is 24.1 Å². The van der Waals surface area contributed by atoms with Gasteiger partial charge in [-0.2, -0.15) is 0 Å². The van der Waals surface area contributed by atoms with Crippen molar-refractivity contribution in [2.75, 3.05) is 25.0 Å². The summed E-state index contributed by atoms with van der Waals surface area (Å²) in [6.45, 7) is 7.19. The van der Waals surface area contributed by atoms with Crippen LogP contribution in [-0.2, 0) is 6.42 Å². The molecule has 1 N–H and O–H groups in total. The molecule has 3 rings (SSSR count). The number of nitrogens with zero attached hydrogens (tertiary/aromatic N) is 1. The normalized spacial score (nSPS) is 23.4. The molecule has 1 aromatic rings. The van der Waals surface area contributed by atoms with Crippen LogP contribution in [0.3, 0.4) is 0 Å². The maximum atomic E-state index is 12.4. The minimum atomic E-state index is 0.266. The number of hydrogen-bond donors (Lipinski definition) is 1. The number of carbonyl (C=O) groups is 1. The van der Waals surface area contributed by atoms with Gasteiger partial charge < -0.3 is 5.32 Å². The van der Waals surface area contributed by atoms with Crippen molar-refractivity contribution >= 4 is 11.5 Å². The number of carbonyl (C=O) groups excluding carboxylic acids is 1. The fourth-order valence-electron chi connectivity index (χ4n) is 3.24. The number of nitrogens with one attached hydrogen (secondary N) is 1. The van der Waals surface area contributed by atoms with E-state index in [2.05, 4.69) is 36.2 Å². The van der Waals surface area contributed by atoms with Crippen molar-refractivity contribution in [3.8, 4) is 0 Å². The Morgan fingerprint density at radius 1 is 1.30 bits per heavy atom. The Hall–Kier alpha value is -1.35. The Balaban J connectivity index is 1.64. The van der Waals surface area contributed by atoms with Gasteiger partial charge in [-0.05, 0) is 69.0 Å². The largest absolute Gasteiger partial charge is 0.382 e. The molecule has 1 unspecified atom stereocenters. The molecule has 1 saturated heterocycles. The van der Waals surface area contributed by atoms with Crippen LogP contribution >= 0.6 is 0 Å². The quantitative estimate of drug-likeness (QED) is 0.859. The highest BCUT2D eigenvalue weighted by molar-refractivity contribution is 5.98. The fourth-order valence-corrected chi connectivity index (χ4v) is 3.24. The van der Waals surface area contributed by atoms with Gasteiger partial charge in [0.15, 0.2) is 5.78 Å². The van der Waals surface area contributed by atoms with E-state index in [0.717, 1.165) is 31.0 Å². The highest BCUT2D eigenvalue weighted by Gasteiger charge is 2.21. The predicted molar refractivity (Wildman–Crippen MR) is 82.4 cm³/mol. The summed E-state index contributed by atoms with van der Waals surface area (Å²) in [4.78, 5) is 14.7. The molecular formula is C17H24N2O. The average molecular weight is 272 g/mol. The van der Waals surface area contributed by atoms with Crippen molar-refractivity contribution in [2.45, 2.75) is 39.2 Å². The average Bonchev–Trinajstić information content (AvgIpc) is 2.80. The first-order valence-electron chi connectivity index (χ1n) is 7.77. The lowest BCUT2D eigenvalue weighted by Gasteiger charge is -2.29. The van der Waals surface area contributed by atoms with Gasteiger partial charge >= 0.3 is 0 Å². The van der Waals surface area contributed by atoms with Gasteiger partial charge in [0.1, 0.15) is 0 Å². The maximum absolute atomic E-state index is 12.4. The zero-order valence-corrected chi connectivity index (χ0v) is 12.5. The number of Topliss-reactive ketones (excluding diaryl/α,β-unsaturated/α-hetero) is 1. The molecule has 3 nitrogen and oxygen atoms in total. The molecule has 1 fully saturated rings. The molecule has 20 heavy (non-hydrogen) atoms. The molecule has 0 saturated carbocycles. The van der Waals surface area contributed by atoms with Crippen molar-refractivity contribution < 1.29 is 4.79 Å². The molecule has 1 aromatic carbocycles. The van der Waals surface area contributed by atoms with Crippen LogP contribution in [0.5, 0.6) is 0 Å². The maximum Gasteiger partial charge on any atom is 0.176 e. The van der Waals surface area contributed by atoms with Crippen LogP contribution in [0.25, 0.3) is 0 Å². The topological polar surface area (TPSA) is 32.3 Å². The Morgan fingerprint density at radius 2 is 2.05 bits per heavy atom. The number of likely N-dealkylation sites (tertiary alicyclic amines) is 1. The molecule has 2 aliphatic rings. The molecule has 2 heterocycles. The molecule has 0 aliphatic carbocycles. The summed E-state index contributed by atoms with van der Waals surface area (Å²) in [6.07, 6.45) is 3.47. The summed E-state index contributed by atoms with van der Waals surface area (Å²) < 4.78 is 0. The lowest BCUT2D eigenvalue weighted by atomic mass is 9.98. The smallest absolute Gasteiger partial charge is 0.176 e. The van der Waals surface area contributed by atoms with Gasteiger partial charge in [0.2, 0.25) is 0 Å². The van der Waals surface area contributed by atoms with Gasteiger partial charge in [-0.3, -0.25) is 9.69 Å². The molecular weight excluding hydrogens is 248 g/mol. The lowest BCUT2D eigenvalue weighted by molar-refractivity contribution is 0.0900. The summed E-state index contributed by atoms with van der Waals surface area (Å²) in [7, 11) is 0. The molecule has 0 bridgehead atoms. The first-order chi connectivity index (χ1) is 9.61. The number of hydrogen-bond acceptors (Lipinski definition) is 3. The van der Waals surface area contributed by atoms with Crippen molar-refractivity contribution in [1.29, 1.82) is 0 Å². The summed E-state index contributed by atoms with van der Waals surface area (Å²) in [5.41, 5.74) is 3.36. The number of ketones is 1. The van der Waals surface area contributed by atoms with Crippen LogP contribution in [-0.4, -0.2) is 36.4 Å². The minimum Gasteiger partial charge on any atom is -0.382 e. The second-order valence-corrected chi connectivity index (χ2v) is 6.50. The fraction of sp³-hybridized carbons (Fsp3) is 0.588. The van der Waals surface area contributed by atoms with E-state index >= 15 is 0 Å². The number of benzene rings is 1. The Labute approximate surface area is 121 Å². The molecule has 0 amide bonds. The zero-order chi connectivity index (χ0) is 14.1. The summed E-state index contributed by atoms with van der Waals surface area (Å²) in [5.74, 6) is 1.08. The third kappa shape index (κ3) is 2.88. The van der Waals surface area contributed by atoms with E-state index in [1.54, 1.807) is 0 Å². The molecule has 2 aliphatic heterocycles. The van der Waals surface area contributed by atoms with Gasteiger partial charge in [0.25, 0.3) is 0 Å². The van der Waals surface area contributed by atoms with Crippen LogP contribution in [0.15, 0.2) is 18.2 Å². The summed E-state index contributed by atoms with van der Waals surface area (Å²) in [5, 5.41) is 3.43. The molecule has 0 radical (unpaired) electrons. The van der Waals surface area contributed by atoms with Gasteiger partial charge in [0, 0.05) is 17.3 Å². The van der Waals surface area contributed by atoms with Crippen molar-refractivity contribution in [2.24, 2.45) is 5.92 Å². The molecule has 0 aromatic heterocycles. The van der Waals surface area contributed by atoms with E-state index in [1.807, 2.05) is 6.07 Å². The minimum absolute atomic E-state index is 0.266. The predicted octanol–water partition coefficient (Wildman–Crippen LogP) is 2.96. The first-order valence-corrected chi connectivity index (χ1v) is 7.77. The summed E-state index contributed by atoms with van der Waals surface area (Å²) >= 11 is 0. The first kappa shape index (κ1) is 13.6. The standard InChI is InChI=1S/C17H24N2O/c1-12-5-7-19(8-6-12)11-17(20)14-3-4-16-15(10-14)9-13(2)18-16/h3-4,10,12-13,18H,5-9,11H2,1-2H3. The van der Waals surface area contributed by atoms with E-state index in [9.17, 15) is 4.79 Å². The van der Waals surface area contributed by atoms with Gasteiger partial charge in [-0.1, -0.05) is 6.92 Å². The van der Waals surface area contributed by atoms with E-state index in [4.69, 9.17) is 0 Å². The van der Waals surface area contributed by atoms with Gasteiger partial charge in [0.05, 0.1) is 6.54 Å². The van der Waals surface area contributed by atoms with Crippen LogP contribution in [0.1, 0.15) is 42.6 Å². The van der Waals surface area contributed by atoms with Gasteiger partial charge in [-0.25, -0.2) is 0 Å². The Kier molecular flexibility index (Phi) is 3.79. The molecule has 108 valence electrons. The molecule has 0 spiro atoms. The zero-order valence-electron chi connectivity index (χ0n) is 12.5. The van der Waals surface area contributed by atoms with Gasteiger partial charge in [-0.15, -0.1) is 0 Å². The second-order valence-electron chi connectivity index (χ2n) is 6.50. The Bertz CT molecular complexity index is 504. The van der Waals surface area contributed by atoms with Crippen LogP contribution in [0.4, 0.5) is 5.69 Å². The monoisotopic (exact) mass is 272 g/mol. The van der Waals surface area contributed by atoms with E-state index in [-0.39, 0.29) is 5.78 Å². The lowest BCUT2D eigenvalue weighted by Crippen LogP contribution is -2.36. The number of fused-ring (bicyclic) bond motifs is 1.